The highest BCUT2D eigenvalue weighted by Crippen LogP contribution is 2.25. The molecule has 0 spiro atoms. The summed E-state index contributed by atoms with van der Waals surface area (Å²) in [7, 11) is 0. The predicted octanol–water partition coefficient (Wildman–Crippen LogP) is 4.22. The molecule has 4 heteroatoms. The van der Waals surface area contributed by atoms with Gasteiger partial charge in [0.25, 0.3) is 0 Å². The highest BCUT2D eigenvalue weighted by molar-refractivity contribution is 5.76. The minimum Gasteiger partial charge on any atom is -0.461 e. The van der Waals surface area contributed by atoms with E-state index in [-0.39, 0.29) is 11.7 Å². The SMILES string of the molecule is C=CCN(CC=C)C(=O)CCc1ccc(-c2ccccc2F)o1. The largest absolute Gasteiger partial charge is 0.461 e. The molecule has 0 saturated heterocycles. The monoisotopic (exact) mass is 313 g/mol. The zero-order valence-electron chi connectivity index (χ0n) is 13.0. The van der Waals surface area contributed by atoms with Crippen LogP contribution in [0.5, 0.6) is 0 Å². The second-order valence-corrected chi connectivity index (χ2v) is 5.12. The average molecular weight is 313 g/mol. The summed E-state index contributed by atoms with van der Waals surface area (Å²) < 4.78 is 19.4. The van der Waals surface area contributed by atoms with Gasteiger partial charge in [-0.15, -0.1) is 13.2 Å². The molecule has 1 amide bonds. The molecule has 2 rings (SSSR count). The molecule has 0 unspecified atom stereocenters. The van der Waals surface area contributed by atoms with Gasteiger partial charge in [-0.2, -0.15) is 0 Å². The normalized spacial score (nSPS) is 10.3. The van der Waals surface area contributed by atoms with Crippen LogP contribution in [0.3, 0.4) is 0 Å². The molecule has 0 radical (unpaired) electrons. The van der Waals surface area contributed by atoms with Crippen LogP contribution in [0.2, 0.25) is 0 Å². The minimum absolute atomic E-state index is 0.00800. The molecule has 0 bridgehead atoms. The molecule has 1 aromatic heterocycles. The number of furan rings is 1. The maximum Gasteiger partial charge on any atom is 0.223 e. The number of nitrogens with zero attached hydrogens (tertiary/aromatic N) is 1. The lowest BCUT2D eigenvalue weighted by atomic mass is 10.1. The van der Waals surface area contributed by atoms with Gasteiger partial charge in [-0.1, -0.05) is 24.3 Å². The summed E-state index contributed by atoms with van der Waals surface area (Å²) in [4.78, 5) is 13.8. The third-order valence-electron chi connectivity index (χ3n) is 3.44. The van der Waals surface area contributed by atoms with E-state index in [1.54, 1.807) is 47.4 Å². The first-order valence-electron chi connectivity index (χ1n) is 7.49. The zero-order chi connectivity index (χ0) is 16.7. The molecule has 1 aromatic carbocycles. The van der Waals surface area contributed by atoms with Crippen molar-refractivity contribution in [3.05, 3.63) is 73.3 Å². The lowest BCUT2D eigenvalue weighted by Crippen LogP contribution is -2.31. The second-order valence-electron chi connectivity index (χ2n) is 5.12. The summed E-state index contributed by atoms with van der Waals surface area (Å²) in [6.07, 6.45) is 4.17. The molecular weight excluding hydrogens is 293 g/mol. The van der Waals surface area contributed by atoms with E-state index in [9.17, 15) is 9.18 Å². The van der Waals surface area contributed by atoms with Crippen LogP contribution in [0.15, 0.2) is 66.1 Å². The van der Waals surface area contributed by atoms with Crippen molar-refractivity contribution >= 4 is 5.91 Å². The molecule has 0 saturated carbocycles. The lowest BCUT2D eigenvalue weighted by Gasteiger charge is -2.18. The minimum atomic E-state index is -0.326. The topological polar surface area (TPSA) is 33.5 Å². The van der Waals surface area contributed by atoms with Crippen molar-refractivity contribution in [1.82, 2.24) is 4.90 Å². The number of carbonyl (C=O) groups is 1. The maximum absolute atomic E-state index is 13.7. The Balaban J connectivity index is 1.99. The second kappa shape index (κ2) is 8.13. The van der Waals surface area contributed by atoms with Crippen LogP contribution in [0, 0.1) is 5.82 Å². The number of benzene rings is 1. The molecule has 1 heterocycles. The Morgan fingerprint density at radius 3 is 2.48 bits per heavy atom. The standard InChI is InChI=1S/C19H20FNO2/c1-3-13-21(14-4-2)19(22)12-10-15-9-11-18(23-15)16-7-5-6-8-17(16)20/h3-9,11H,1-2,10,12-14H2. The number of rotatable bonds is 8. The van der Waals surface area contributed by atoms with E-state index in [2.05, 4.69) is 13.2 Å². The Hall–Kier alpha value is -2.62. The summed E-state index contributed by atoms with van der Waals surface area (Å²) in [6, 6.07) is 9.95. The Morgan fingerprint density at radius 1 is 1.13 bits per heavy atom. The van der Waals surface area contributed by atoms with Crippen LogP contribution in [0.25, 0.3) is 11.3 Å². The van der Waals surface area contributed by atoms with Crippen LogP contribution in [-0.2, 0) is 11.2 Å². The number of amides is 1. The fourth-order valence-corrected chi connectivity index (χ4v) is 2.30. The van der Waals surface area contributed by atoms with Crippen molar-refractivity contribution in [2.24, 2.45) is 0 Å². The van der Waals surface area contributed by atoms with Gasteiger partial charge in [0.2, 0.25) is 5.91 Å². The van der Waals surface area contributed by atoms with Crippen molar-refractivity contribution in [3.8, 4) is 11.3 Å². The molecule has 0 aliphatic rings. The summed E-state index contributed by atoms with van der Waals surface area (Å²) in [6.45, 7) is 8.27. The summed E-state index contributed by atoms with van der Waals surface area (Å²) in [5.41, 5.74) is 0.421. The van der Waals surface area contributed by atoms with Crippen molar-refractivity contribution < 1.29 is 13.6 Å². The van der Waals surface area contributed by atoms with Crippen LogP contribution >= 0.6 is 0 Å². The quantitative estimate of drug-likeness (QED) is 0.684. The van der Waals surface area contributed by atoms with Crippen molar-refractivity contribution in [2.75, 3.05) is 13.1 Å². The van der Waals surface area contributed by atoms with E-state index >= 15 is 0 Å². The number of hydrogen-bond acceptors (Lipinski definition) is 2. The first-order valence-corrected chi connectivity index (χ1v) is 7.49. The van der Waals surface area contributed by atoms with Crippen LogP contribution in [0.1, 0.15) is 12.2 Å². The molecule has 0 N–H and O–H groups in total. The Morgan fingerprint density at radius 2 is 1.83 bits per heavy atom. The number of carbonyl (C=O) groups excluding carboxylic acids is 1. The summed E-state index contributed by atoms with van der Waals surface area (Å²) in [5.74, 6) is 0.814. The van der Waals surface area contributed by atoms with Crippen molar-refractivity contribution in [3.63, 3.8) is 0 Å². The van der Waals surface area contributed by atoms with Crippen LogP contribution in [0.4, 0.5) is 4.39 Å². The number of halogens is 1. The Kier molecular flexibility index (Phi) is 5.92. The molecule has 120 valence electrons. The van der Waals surface area contributed by atoms with Gasteiger partial charge in [-0.05, 0) is 24.3 Å². The molecule has 23 heavy (non-hydrogen) atoms. The van der Waals surface area contributed by atoms with Gasteiger partial charge in [-0.3, -0.25) is 4.79 Å². The van der Waals surface area contributed by atoms with E-state index in [0.29, 0.717) is 43.0 Å². The third-order valence-corrected chi connectivity index (χ3v) is 3.44. The average Bonchev–Trinajstić information content (AvgIpc) is 3.01. The Labute approximate surface area is 135 Å². The fourth-order valence-electron chi connectivity index (χ4n) is 2.30. The van der Waals surface area contributed by atoms with Gasteiger partial charge in [0.15, 0.2) is 0 Å². The van der Waals surface area contributed by atoms with Crippen LogP contribution in [-0.4, -0.2) is 23.9 Å². The third kappa shape index (κ3) is 4.42. The smallest absolute Gasteiger partial charge is 0.223 e. The number of aryl methyl sites for hydroxylation is 1. The first kappa shape index (κ1) is 16.7. The van der Waals surface area contributed by atoms with E-state index < -0.39 is 0 Å². The summed E-state index contributed by atoms with van der Waals surface area (Å²) in [5, 5.41) is 0. The highest BCUT2D eigenvalue weighted by atomic mass is 19.1. The van der Waals surface area contributed by atoms with Crippen molar-refractivity contribution in [1.29, 1.82) is 0 Å². The van der Waals surface area contributed by atoms with Gasteiger partial charge in [0, 0.05) is 25.9 Å². The number of hydrogen-bond donors (Lipinski definition) is 0. The molecule has 0 fully saturated rings. The summed E-state index contributed by atoms with van der Waals surface area (Å²) >= 11 is 0. The molecule has 2 aromatic rings. The molecule has 0 aliphatic heterocycles. The Bertz CT molecular complexity index is 680. The van der Waals surface area contributed by atoms with E-state index in [1.165, 1.54) is 6.07 Å². The van der Waals surface area contributed by atoms with E-state index in [4.69, 9.17) is 4.42 Å². The van der Waals surface area contributed by atoms with Gasteiger partial charge >= 0.3 is 0 Å². The van der Waals surface area contributed by atoms with Crippen molar-refractivity contribution in [2.45, 2.75) is 12.8 Å². The zero-order valence-corrected chi connectivity index (χ0v) is 13.0. The van der Waals surface area contributed by atoms with Gasteiger partial charge in [-0.25, -0.2) is 4.39 Å². The molecule has 3 nitrogen and oxygen atoms in total. The van der Waals surface area contributed by atoms with Gasteiger partial charge in [0.1, 0.15) is 17.3 Å². The highest BCUT2D eigenvalue weighted by Gasteiger charge is 2.13. The van der Waals surface area contributed by atoms with Crippen LogP contribution < -0.4 is 0 Å². The van der Waals surface area contributed by atoms with E-state index in [0.717, 1.165) is 0 Å². The molecule has 0 aliphatic carbocycles. The predicted molar refractivity (Wildman–Crippen MR) is 89.4 cm³/mol. The lowest BCUT2D eigenvalue weighted by molar-refractivity contribution is -0.130. The van der Waals surface area contributed by atoms with E-state index in [1.807, 2.05) is 0 Å². The fraction of sp³-hybridized carbons (Fsp3) is 0.211. The maximum atomic E-state index is 13.7. The first-order chi connectivity index (χ1) is 11.2. The molecule has 0 atom stereocenters. The van der Waals surface area contributed by atoms with Gasteiger partial charge < -0.3 is 9.32 Å². The molecular formula is C19H20FNO2. The van der Waals surface area contributed by atoms with Gasteiger partial charge in [0.05, 0.1) is 5.56 Å².